The van der Waals surface area contributed by atoms with Gasteiger partial charge in [0.1, 0.15) is 19.3 Å². The van der Waals surface area contributed by atoms with Gasteiger partial charge in [-0.3, -0.25) is 13.8 Å². The summed E-state index contributed by atoms with van der Waals surface area (Å²) in [6.07, 6.45) is 55.1. The number of rotatable bonds is 50. The Morgan fingerprint density at radius 1 is 0.484 bits per heavy atom. The van der Waals surface area contributed by atoms with E-state index in [1.54, 1.807) is 0 Å². The minimum atomic E-state index is -4.28. The molecule has 9 heteroatoms. The van der Waals surface area contributed by atoms with E-state index < -0.39 is 13.9 Å². The quantitative estimate of drug-likeness (QED) is 0.0214. The van der Waals surface area contributed by atoms with E-state index in [0.717, 1.165) is 32.1 Å². The summed E-state index contributed by atoms with van der Waals surface area (Å²) in [5, 5.41) is 0. The second kappa shape index (κ2) is 46.5. The van der Waals surface area contributed by atoms with Crippen LogP contribution in [-0.2, 0) is 27.9 Å². The van der Waals surface area contributed by atoms with Crippen LogP contribution in [-0.4, -0.2) is 75.6 Å². The van der Waals surface area contributed by atoms with Gasteiger partial charge in [0.05, 0.1) is 34.4 Å². The summed E-state index contributed by atoms with van der Waals surface area (Å²) in [6, 6.07) is 0. The Balaban J connectivity index is 4.10. The number of phosphoric ester groups is 1. The molecule has 0 saturated carbocycles. The molecule has 0 rings (SSSR count). The van der Waals surface area contributed by atoms with Crippen LogP contribution in [0.1, 0.15) is 251 Å². The van der Waals surface area contributed by atoms with Crippen LogP contribution < -0.4 is 0 Å². The van der Waals surface area contributed by atoms with E-state index in [-0.39, 0.29) is 25.8 Å². The minimum Gasteiger partial charge on any atom is -0.457 e. The average Bonchev–Trinajstić information content (AvgIpc) is 3.23. The number of carbonyl (C=O) groups is 1. The molecule has 0 aliphatic carbocycles. The molecule has 62 heavy (non-hydrogen) atoms. The number of hydrogen-bond acceptors (Lipinski definition) is 6. The summed E-state index contributed by atoms with van der Waals surface area (Å²) in [6.45, 7) is 5.65. The molecule has 0 aromatic carbocycles. The van der Waals surface area contributed by atoms with Crippen LogP contribution in [0.15, 0.2) is 24.3 Å². The van der Waals surface area contributed by atoms with Gasteiger partial charge in [-0.1, -0.05) is 205 Å². The predicted molar refractivity (Wildman–Crippen MR) is 266 cm³/mol. The summed E-state index contributed by atoms with van der Waals surface area (Å²) >= 11 is 0. The van der Waals surface area contributed by atoms with Gasteiger partial charge in [0.25, 0.3) is 0 Å². The summed E-state index contributed by atoms with van der Waals surface area (Å²) in [5.41, 5.74) is 0. The number of nitrogens with zero attached hydrogens (tertiary/aromatic N) is 1. The Morgan fingerprint density at radius 3 is 1.23 bits per heavy atom. The first-order chi connectivity index (χ1) is 30.1. The molecule has 2 unspecified atom stereocenters. The van der Waals surface area contributed by atoms with Gasteiger partial charge in [-0.05, 0) is 64.2 Å². The fourth-order valence-electron chi connectivity index (χ4n) is 7.60. The summed E-state index contributed by atoms with van der Waals surface area (Å²) in [5.74, 6) is -0.312. The van der Waals surface area contributed by atoms with Crippen molar-refractivity contribution in [1.82, 2.24) is 0 Å². The molecule has 0 heterocycles. The number of allylic oxidation sites excluding steroid dienone is 4. The maximum atomic E-state index is 12.8. The number of ether oxygens (including phenoxy) is 2. The van der Waals surface area contributed by atoms with Gasteiger partial charge in [0.15, 0.2) is 0 Å². The molecular formula is C53H105NO7P+. The van der Waals surface area contributed by atoms with E-state index in [1.165, 1.54) is 199 Å². The van der Waals surface area contributed by atoms with Crippen molar-refractivity contribution in [3.63, 3.8) is 0 Å². The van der Waals surface area contributed by atoms with E-state index in [0.29, 0.717) is 24.1 Å². The Labute approximate surface area is 385 Å². The van der Waals surface area contributed by atoms with Crippen molar-refractivity contribution in [2.24, 2.45) is 0 Å². The number of carbonyl (C=O) groups excluding carboxylic acids is 1. The lowest BCUT2D eigenvalue weighted by Gasteiger charge is -2.24. The molecule has 0 fully saturated rings. The van der Waals surface area contributed by atoms with Crippen molar-refractivity contribution in [1.29, 1.82) is 0 Å². The molecule has 0 amide bonds. The standard InChI is InChI=1S/C53H104NO7P/c1-6-8-10-12-14-16-18-20-22-24-25-26-27-28-29-30-32-34-36-38-40-42-44-46-53(55)61-52(51-60-62(56,57)59-49-47-54(3,4)5)50-58-48-45-43-41-39-37-35-33-31-23-21-19-17-15-13-11-9-7-2/h23-25,31,52H,6-22,26-30,32-51H2,1-5H3/p+1/b25-24-,31-23-. The summed E-state index contributed by atoms with van der Waals surface area (Å²) < 4.78 is 35.2. The predicted octanol–water partition coefficient (Wildman–Crippen LogP) is 16.3. The van der Waals surface area contributed by atoms with Crippen molar-refractivity contribution in [3.05, 3.63) is 24.3 Å². The highest BCUT2D eigenvalue weighted by molar-refractivity contribution is 7.47. The topological polar surface area (TPSA) is 91.3 Å². The van der Waals surface area contributed by atoms with Gasteiger partial charge in [-0.2, -0.15) is 0 Å². The van der Waals surface area contributed by atoms with Crippen LogP contribution >= 0.6 is 7.82 Å². The van der Waals surface area contributed by atoms with Gasteiger partial charge in [0, 0.05) is 13.0 Å². The molecular weight excluding hydrogens is 794 g/mol. The van der Waals surface area contributed by atoms with Crippen LogP contribution in [0.25, 0.3) is 0 Å². The van der Waals surface area contributed by atoms with Crippen LogP contribution in [0.2, 0.25) is 0 Å². The highest BCUT2D eigenvalue weighted by Crippen LogP contribution is 2.43. The number of quaternary nitrogens is 1. The third kappa shape index (κ3) is 50.0. The molecule has 2 atom stereocenters. The first kappa shape index (κ1) is 61.0. The Morgan fingerprint density at radius 2 is 0.839 bits per heavy atom. The van der Waals surface area contributed by atoms with E-state index in [2.05, 4.69) is 38.2 Å². The third-order valence-corrected chi connectivity index (χ3v) is 12.7. The van der Waals surface area contributed by atoms with Crippen molar-refractivity contribution in [2.75, 3.05) is 54.1 Å². The number of likely N-dealkylation sites (N-methyl/N-ethyl adjacent to an activating group) is 1. The number of hydrogen-bond donors (Lipinski definition) is 1. The number of esters is 1. The van der Waals surface area contributed by atoms with Crippen molar-refractivity contribution < 1.29 is 37.3 Å². The van der Waals surface area contributed by atoms with Gasteiger partial charge < -0.3 is 18.9 Å². The maximum absolute atomic E-state index is 12.8. The van der Waals surface area contributed by atoms with E-state index >= 15 is 0 Å². The molecule has 8 nitrogen and oxygen atoms in total. The molecule has 368 valence electrons. The first-order valence-electron chi connectivity index (χ1n) is 26.6. The molecule has 0 aromatic rings. The van der Waals surface area contributed by atoms with Crippen LogP contribution in [0.4, 0.5) is 0 Å². The van der Waals surface area contributed by atoms with E-state index in [4.69, 9.17) is 18.5 Å². The summed E-state index contributed by atoms with van der Waals surface area (Å²) in [7, 11) is 1.67. The normalized spacial score (nSPS) is 13.7. The monoisotopic (exact) mass is 899 g/mol. The van der Waals surface area contributed by atoms with Gasteiger partial charge in [-0.25, -0.2) is 4.57 Å². The fraction of sp³-hybridized carbons (Fsp3) is 0.906. The molecule has 0 aliphatic rings. The largest absolute Gasteiger partial charge is 0.472 e. The third-order valence-electron chi connectivity index (χ3n) is 11.7. The Kier molecular flexibility index (Phi) is 45.7. The molecule has 0 aromatic heterocycles. The zero-order valence-electron chi connectivity index (χ0n) is 41.9. The lowest BCUT2D eigenvalue weighted by atomic mass is 10.0. The smallest absolute Gasteiger partial charge is 0.457 e. The van der Waals surface area contributed by atoms with Crippen molar-refractivity contribution >= 4 is 13.8 Å². The first-order valence-corrected chi connectivity index (χ1v) is 28.1. The number of unbranched alkanes of at least 4 members (excludes halogenated alkanes) is 32. The molecule has 0 radical (unpaired) electrons. The zero-order valence-corrected chi connectivity index (χ0v) is 42.8. The van der Waals surface area contributed by atoms with Crippen LogP contribution in [0.5, 0.6) is 0 Å². The highest BCUT2D eigenvalue weighted by atomic mass is 31.2. The van der Waals surface area contributed by atoms with E-state index in [9.17, 15) is 14.3 Å². The number of phosphoric acid groups is 1. The van der Waals surface area contributed by atoms with E-state index in [1.807, 2.05) is 21.1 Å². The van der Waals surface area contributed by atoms with Gasteiger partial charge >= 0.3 is 13.8 Å². The van der Waals surface area contributed by atoms with Crippen LogP contribution in [0.3, 0.4) is 0 Å². The SMILES string of the molecule is CCCCCCCCC/C=C\CCCCCCCCOCC(COP(=O)(O)OCC[N+](C)(C)C)OC(=O)CCCCCCCCCCCCC/C=C\CCCCCCCCCC. The molecule has 0 aliphatic heterocycles. The molecule has 1 N–H and O–H groups in total. The highest BCUT2D eigenvalue weighted by Gasteiger charge is 2.26. The van der Waals surface area contributed by atoms with Crippen molar-refractivity contribution in [3.8, 4) is 0 Å². The lowest BCUT2D eigenvalue weighted by molar-refractivity contribution is -0.870. The molecule has 0 saturated heterocycles. The van der Waals surface area contributed by atoms with Gasteiger partial charge in [-0.15, -0.1) is 0 Å². The minimum absolute atomic E-state index is 0.0891. The molecule has 0 bridgehead atoms. The van der Waals surface area contributed by atoms with Crippen LogP contribution in [0, 0.1) is 0 Å². The van der Waals surface area contributed by atoms with Crippen molar-refractivity contribution in [2.45, 2.75) is 258 Å². The van der Waals surface area contributed by atoms with Gasteiger partial charge in [0.2, 0.25) is 0 Å². The average molecular weight is 899 g/mol. The lowest BCUT2D eigenvalue weighted by Crippen LogP contribution is -2.37. The Hall–Kier alpha value is -1.02. The second-order valence-electron chi connectivity index (χ2n) is 19.3. The zero-order chi connectivity index (χ0) is 45.5. The molecule has 0 spiro atoms. The Bertz CT molecular complexity index is 1050. The second-order valence-corrected chi connectivity index (χ2v) is 20.7. The fourth-order valence-corrected chi connectivity index (χ4v) is 8.34. The summed E-state index contributed by atoms with van der Waals surface area (Å²) in [4.78, 5) is 23.0. The maximum Gasteiger partial charge on any atom is 0.472 e.